The summed E-state index contributed by atoms with van der Waals surface area (Å²) in [6.07, 6.45) is 4.22. The van der Waals surface area contributed by atoms with Crippen molar-refractivity contribution in [2.75, 3.05) is 12.3 Å². The highest BCUT2D eigenvalue weighted by molar-refractivity contribution is 8.00. The number of rotatable bonds is 7. The summed E-state index contributed by atoms with van der Waals surface area (Å²) in [6.45, 7) is 0.533. The maximum Gasteiger partial charge on any atom is 0.230 e. The van der Waals surface area contributed by atoms with Crippen LogP contribution in [0.25, 0.3) is 5.13 Å². The first-order valence-electron chi connectivity index (χ1n) is 7.30. The third kappa shape index (κ3) is 4.65. The summed E-state index contributed by atoms with van der Waals surface area (Å²) in [7, 11) is 0. The number of thiazole rings is 1. The van der Waals surface area contributed by atoms with Gasteiger partial charge in [-0.25, -0.2) is 14.1 Å². The fourth-order valence-electron chi connectivity index (χ4n) is 1.96. The van der Waals surface area contributed by atoms with E-state index in [9.17, 15) is 9.18 Å². The molecule has 1 aromatic carbocycles. The van der Waals surface area contributed by atoms with Gasteiger partial charge >= 0.3 is 0 Å². The van der Waals surface area contributed by atoms with Crippen LogP contribution < -0.4 is 5.32 Å². The summed E-state index contributed by atoms with van der Waals surface area (Å²) in [5.41, 5.74) is 0.928. The van der Waals surface area contributed by atoms with E-state index in [2.05, 4.69) is 15.4 Å². The first-order valence-corrected chi connectivity index (χ1v) is 9.17. The molecular weight excluding hydrogens is 347 g/mol. The topological polar surface area (TPSA) is 59.8 Å². The summed E-state index contributed by atoms with van der Waals surface area (Å²) < 4.78 is 14.5. The molecule has 0 fully saturated rings. The number of hydrogen-bond acceptors (Lipinski definition) is 5. The number of nitrogens with one attached hydrogen (secondary N) is 1. The van der Waals surface area contributed by atoms with E-state index in [1.807, 2.05) is 17.6 Å². The summed E-state index contributed by atoms with van der Waals surface area (Å²) >= 11 is 2.90. The van der Waals surface area contributed by atoms with Crippen molar-refractivity contribution >= 4 is 29.0 Å². The standard InChI is InChI=1S/C16H15FN4OS2/c17-12-2-4-14(5-3-12)23-11-15(22)18-8-6-13-10-24-16(20-13)21-9-1-7-19-21/h1-5,7,9-10H,6,8,11H2,(H,18,22). The molecule has 0 saturated carbocycles. The first-order chi connectivity index (χ1) is 11.7. The van der Waals surface area contributed by atoms with Crippen LogP contribution in [0.2, 0.25) is 0 Å². The highest BCUT2D eigenvalue weighted by atomic mass is 32.2. The van der Waals surface area contributed by atoms with Crippen molar-refractivity contribution in [3.8, 4) is 5.13 Å². The van der Waals surface area contributed by atoms with E-state index < -0.39 is 0 Å². The van der Waals surface area contributed by atoms with Gasteiger partial charge in [0.05, 0.1) is 11.4 Å². The zero-order valence-electron chi connectivity index (χ0n) is 12.7. The molecule has 2 heterocycles. The van der Waals surface area contributed by atoms with Crippen LogP contribution in [-0.2, 0) is 11.2 Å². The largest absolute Gasteiger partial charge is 0.355 e. The zero-order chi connectivity index (χ0) is 16.8. The average molecular weight is 362 g/mol. The second kappa shape index (κ2) is 8.07. The molecule has 124 valence electrons. The lowest BCUT2D eigenvalue weighted by atomic mass is 10.3. The van der Waals surface area contributed by atoms with Gasteiger partial charge in [0.2, 0.25) is 11.0 Å². The Bertz CT molecular complexity index is 787. The lowest BCUT2D eigenvalue weighted by molar-refractivity contribution is -0.118. The quantitative estimate of drug-likeness (QED) is 0.657. The van der Waals surface area contributed by atoms with Crippen LogP contribution in [0, 0.1) is 5.82 Å². The van der Waals surface area contributed by atoms with Gasteiger partial charge in [-0.1, -0.05) is 0 Å². The van der Waals surface area contributed by atoms with Crippen molar-refractivity contribution < 1.29 is 9.18 Å². The number of benzene rings is 1. The van der Waals surface area contributed by atoms with Gasteiger partial charge in [-0.2, -0.15) is 5.10 Å². The van der Waals surface area contributed by atoms with Crippen LogP contribution in [0.5, 0.6) is 0 Å². The van der Waals surface area contributed by atoms with Crippen molar-refractivity contribution in [3.63, 3.8) is 0 Å². The lowest BCUT2D eigenvalue weighted by Crippen LogP contribution is -2.27. The summed E-state index contributed by atoms with van der Waals surface area (Å²) in [4.78, 5) is 17.2. The van der Waals surface area contributed by atoms with Gasteiger partial charge < -0.3 is 5.32 Å². The van der Waals surface area contributed by atoms with E-state index in [1.165, 1.54) is 35.2 Å². The van der Waals surface area contributed by atoms with E-state index >= 15 is 0 Å². The Labute approximate surface area is 146 Å². The zero-order valence-corrected chi connectivity index (χ0v) is 14.3. The van der Waals surface area contributed by atoms with Crippen LogP contribution in [0.4, 0.5) is 4.39 Å². The van der Waals surface area contributed by atoms with Gasteiger partial charge in [-0.05, 0) is 30.3 Å². The lowest BCUT2D eigenvalue weighted by Gasteiger charge is -2.04. The maximum absolute atomic E-state index is 12.8. The van der Waals surface area contributed by atoms with Gasteiger partial charge in [0.15, 0.2) is 0 Å². The molecule has 0 atom stereocenters. The SMILES string of the molecule is O=C(CSc1ccc(F)cc1)NCCc1csc(-n2cccn2)n1. The molecule has 3 rings (SSSR count). The van der Waals surface area contributed by atoms with Crippen LogP contribution >= 0.6 is 23.1 Å². The number of halogens is 1. The fourth-order valence-corrected chi connectivity index (χ4v) is 3.49. The van der Waals surface area contributed by atoms with Crippen molar-refractivity contribution in [2.24, 2.45) is 0 Å². The van der Waals surface area contributed by atoms with Crippen LogP contribution in [0.1, 0.15) is 5.69 Å². The van der Waals surface area contributed by atoms with Crippen LogP contribution in [0.3, 0.4) is 0 Å². The molecule has 0 bridgehead atoms. The Kier molecular flexibility index (Phi) is 5.60. The van der Waals surface area contributed by atoms with Gasteiger partial charge in [0, 0.05) is 35.6 Å². The number of hydrogen-bond donors (Lipinski definition) is 1. The van der Waals surface area contributed by atoms with Crippen molar-refractivity contribution in [1.82, 2.24) is 20.1 Å². The second-order valence-electron chi connectivity index (χ2n) is 4.91. The van der Waals surface area contributed by atoms with Gasteiger partial charge in [0.25, 0.3) is 0 Å². The number of amides is 1. The van der Waals surface area contributed by atoms with Crippen LogP contribution in [0.15, 0.2) is 53.0 Å². The molecule has 3 aromatic rings. The van der Waals surface area contributed by atoms with Crippen molar-refractivity contribution in [1.29, 1.82) is 0 Å². The van der Waals surface area contributed by atoms with E-state index in [4.69, 9.17) is 0 Å². The summed E-state index contributed by atoms with van der Waals surface area (Å²) in [6, 6.07) is 7.96. The molecule has 0 aliphatic carbocycles. The molecule has 0 unspecified atom stereocenters. The Hall–Kier alpha value is -2.19. The normalized spacial score (nSPS) is 10.7. The van der Waals surface area contributed by atoms with Crippen molar-refractivity contribution in [2.45, 2.75) is 11.3 Å². The van der Waals surface area contributed by atoms with Crippen LogP contribution in [-0.4, -0.2) is 33.0 Å². The van der Waals surface area contributed by atoms with E-state index in [-0.39, 0.29) is 11.7 Å². The van der Waals surface area contributed by atoms with E-state index in [0.717, 1.165) is 15.7 Å². The van der Waals surface area contributed by atoms with Gasteiger partial charge in [-0.15, -0.1) is 23.1 Å². The Balaban J connectivity index is 1.40. The molecule has 0 spiro atoms. The van der Waals surface area contributed by atoms with Crippen molar-refractivity contribution in [3.05, 3.63) is 59.6 Å². The smallest absolute Gasteiger partial charge is 0.230 e. The monoisotopic (exact) mass is 362 g/mol. The molecule has 0 saturated heterocycles. The molecule has 24 heavy (non-hydrogen) atoms. The molecule has 5 nitrogen and oxygen atoms in total. The highest BCUT2D eigenvalue weighted by Gasteiger charge is 2.06. The van der Waals surface area contributed by atoms with Gasteiger partial charge in [-0.3, -0.25) is 4.79 Å². The third-order valence-corrected chi connectivity index (χ3v) is 5.02. The van der Waals surface area contributed by atoms with Gasteiger partial charge in [0.1, 0.15) is 5.82 Å². The molecule has 1 amide bonds. The minimum Gasteiger partial charge on any atom is -0.355 e. The number of carbonyl (C=O) groups excluding carboxylic acids is 1. The number of aromatic nitrogens is 3. The Morgan fingerprint density at radius 3 is 2.92 bits per heavy atom. The Morgan fingerprint density at radius 1 is 1.33 bits per heavy atom. The fraction of sp³-hybridized carbons (Fsp3) is 0.188. The third-order valence-electron chi connectivity index (χ3n) is 3.13. The number of thioether (sulfide) groups is 1. The first kappa shape index (κ1) is 16.7. The number of carbonyl (C=O) groups is 1. The summed E-state index contributed by atoms with van der Waals surface area (Å²) in [5, 5.41) is 9.78. The summed E-state index contributed by atoms with van der Waals surface area (Å²) in [5.74, 6) is -0.0188. The molecule has 8 heteroatoms. The Morgan fingerprint density at radius 2 is 2.17 bits per heavy atom. The molecule has 0 aliphatic heterocycles. The molecule has 1 N–H and O–H groups in total. The molecule has 0 radical (unpaired) electrons. The average Bonchev–Trinajstić information content (AvgIpc) is 3.25. The predicted molar refractivity (Wildman–Crippen MR) is 93.1 cm³/mol. The van der Waals surface area contributed by atoms with E-state index in [0.29, 0.717) is 18.7 Å². The second-order valence-corrected chi connectivity index (χ2v) is 6.80. The number of nitrogens with zero attached hydrogens (tertiary/aromatic N) is 3. The van der Waals surface area contributed by atoms with E-state index in [1.54, 1.807) is 23.0 Å². The highest BCUT2D eigenvalue weighted by Crippen LogP contribution is 2.17. The molecular formula is C16H15FN4OS2. The maximum atomic E-state index is 12.8. The minimum absolute atomic E-state index is 0.0492. The minimum atomic E-state index is -0.276. The molecule has 2 aromatic heterocycles. The predicted octanol–water partition coefficient (Wildman–Crippen LogP) is 2.92. The molecule has 0 aliphatic rings.